The Kier molecular flexibility index (Phi) is 4.68. The number of aliphatic hydroxyl groups is 1. The van der Waals surface area contributed by atoms with Crippen LogP contribution in [0.15, 0.2) is 45.3 Å². The molecule has 1 heterocycles. The Labute approximate surface area is 123 Å². The summed E-state index contributed by atoms with van der Waals surface area (Å²) in [6.07, 6.45) is 1.18. The Morgan fingerprint density at radius 1 is 1.47 bits per heavy atom. The van der Waals surface area contributed by atoms with Crippen LogP contribution in [0.1, 0.15) is 18.6 Å². The minimum absolute atomic E-state index is 0.241. The zero-order valence-electron chi connectivity index (χ0n) is 10.3. The second-order valence-electron chi connectivity index (χ2n) is 4.04. The number of aromatic nitrogens is 1. The monoisotopic (exact) mass is 340 g/mol. The van der Waals surface area contributed by atoms with E-state index in [1.165, 1.54) is 18.3 Å². The van der Waals surface area contributed by atoms with E-state index in [0.29, 0.717) is 11.3 Å². The largest absolute Gasteiger partial charge is 0.387 e. The summed E-state index contributed by atoms with van der Waals surface area (Å²) in [5.74, 6) is -0.241. The molecule has 19 heavy (non-hydrogen) atoms. The minimum Gasteiger partial charge on any atom is -0.387 e. The fourth-order valence-corrected chi connectivity index (χ4v) is 2.68. The van der Waals surface area contributed by atoms with Gasteiger partial charge in [-0.1, -0.05) is 28.1 Å². The first-order chi connectivity index (χ1) is 9.06. The van der Waals surface area contributed by atoms with E-state index in [2.05, 4.69) is 20.9 Å². The summed E-state index contributed by atoms with van der Waals surface area (Å²) in [4.78, 5) is 15.5. The van der Waals surface area contributed by atoms with Crippen LogP contribution < -0.4 is 4.80 Å². The average molecular weight is 341 g/mol. The number of thiazole rings is 1. The van der Waals surface area contributed by atoms with Crippen molar-refractivity contribution in [3.05, 3.63) is 50.7 Å². The van der Waals surface area contributed by atoms with Gasteiger partial charge < -0.3 is 9.67 Å². The van der Waals surface area contributed by atoms with Gasteiger partial charge in [0.1, 0.15) is 0 Å². The van der Waals surface area contributed by atoms with E-state index in [1.807, 2.05) is 35.8 Å². The fourth-order valence-electron chi connectivity index (χ4n) is 1.64. The van der Waals surface area contributed by atoms with Gasteiger partial charge in [0, 0.05) is 23.0 Å². The van der Waals surface area contributed by atoms with Gasteiger partial charge in [-0.25, -0.2) is 0 Å². The lowest BCUT2D eigenvalue weighted by Gasteiger charge is -2.11. The second kappa shape index (κ2) is 6.27. The molecule has 1 aromatic carbocycles. The number of halogens is 1. The number of carbonyl (C=O) groups excluding carboxylic acids is 1. The maximum Gasteiger partial charge on any atom is 0.245 e. The molecule has 4 nitrogen and oxygen atoms in total. The standard InChI is InChI=1S/C13H13BrN2O2S/c1-9(17)15-13-16(6-7-19-13)8-12(18)10-2-4-11(14)5-3-10/h2-7,12,18H,8H2,1H3/t12-/m1/s1. The van der Waals surface area contributed by atoms with Gasteiger partial charge in [0.2, 0.25) is 5.91 Å². The zero-order chi connectivity index (χ0) is 13.8. The number of aliphatic hydroxyl groups excluding tert-OH is 1. The topological polar surface area (TPSA) is 54.6 Å². The van der Waals surface area contributed by atoms with Gasteiger partial charge in [0.05, 0.1) is 12.6 Å². The molecule has 0 unspecified atom stereocenters. The normalized spacial score (nSPS) is 13.5. The fraction of sp³-hybridized carbons (Fsp3) is 0.231. The van der Waals surface area contributed by atoms with Crippen molar-refractivity contribution in [1.82, 2.24) is 4.57 Å². The van der Waals surface area contributed by atoms with Crippen LogP contribution in [0.3, 0.4) is 0 Å². The lowest BCUT2D eigenvalue weighted by molar-refractivity contribution is -0.116. The SMILES string of the molecule is CC(=O)N=c1sccn1C[C@@H](O)c1ccc(Br)cc1. The summed E-state index contributed by atoms with van der Waals surface area (Å²) >= 11 is 4.73. The molecule has 2 rings (SSSR count). The van der Waals surface area contributed by atoms with Crippen LogP contribution in [-0.2, 0) is 11.3 Å². The average Bonchev–Trinajstić information content (AvgIpc) is 2.76. The number of nitrogens with zero attached hydrogens (tertiary/aromatic N) is 2. The van der Waals surface area contributed by atoms with Gasteiger partial charge in [-0.05, 0) is 17.7 Å². The van der Waals surface area contributed by atoms with E-state index in [-0.39, 0.29) is 5.91 Å². The quantitative estimate of drug-likeness (QED) is 0.933. The van der Waals surface area contributed by atoms with E-state index >= 15 is 0 Å². The van der Waals surface area contributed by atoms with Crippen molar-refractivity contribution in [3.63, 3.8) is 0 Å². The van der Waals surface area contributed by atoms with Crippen LogP contribution in [0, 0.1) is 0 Å². The Hall–Kier alpha value is -1.24. The molecule has 1 atom stereocenters. The number of rotatable bonds is 3. The first-order valence-corrected chi connectivity index (χ1v) is 7.36. The Morgan fingerprint density at radius 2 is 2.16 bits per heavy atom. The van der Waals surface area contributed by atoms with Crippen LogP contribution in [0.4, 0.5) is 0 Å². The summed E-state index contributed by atoms with van der Waals surface area (Å²) in [5, 5.41) is 12.0. The summed E-state index contributed by atoms with van der Waals surface area (Å²) in [7, 11) is 0. The predicted molar refractivity (Wildman–Crippen MR) is 77.7 cm³/mol. The summed E-state index contributed by atoms with van der Waals surface area (Å²) < 4.78 is 2.75. The van der Waals surface area contributed by atoms with Gasteiger partial charge in [-0.2, -0.15) is 4.99 Å². The van der Waals surface area contributed by atoms with E-state index in [1.54, 1.807) is 4.57 Å². The van der Waals surface area contributed by atoms with Crippen LogP contribution >= 0.6 is 27.3 Å². The molecule has 0 aliphatic heterocycles. The van der Waals surface area contributed by atoms with Gasteiger partial charge in [-0.3, -0.25) is 4.79 Å². The third-order valence-corrected chi connectivity index (χ3v) is 3.86. The van der Waals surface area contributed by atoms with Crippen molar-refractivity contribution < 1.29 is 9.90 Å². The Bertz CT molecular complexity index is 631. The summed E-state index contributed by atoms with van der Waals surface area (Å²) in [6.45, 7) is 1.78. The minimum atomic E-state index is -0.631. The number of amides is 1. The van der Waals surface area contributed by atoms with E-state index in [0.717, 1.165) is 10.0 Å². The summed E-state index contributed by atoms with van der Waals surface area (Å²) in [6, 6.07) is 7.50. The molecule has 0 bridgehead atoms. The highest BCUT2D eigenvalue weighted by atomic mass is 79.9. The van der Waals surface area contributed by atoms with Crippen LogP contribution in [0.25, 0.3) is 0 Å². The second-order valence-corrected chi connectivity index (χ2v) is 5.82. The molecule has 0 aliphatic carbocycles. The lowest BCUT2D eigenvalue weighted by atomic mass is 10.1. The van der Waals surface area contributed by atoms with Crippen LogP contribution in [-0.4, -0.2) is 15.6 Å². The van der Waals surface area contributed by atoms with Crippen molar-refractivity contribution in [2.45, 2.75) is 19.6 Å². The van der Waals surface area contributed by atoms with Crippen LogP contribution in [0.2, 0.25) is 0 Å². The molecule has 1 N–H and O–H groups in total. The molecular weight excluding hydrogens is 328 g/mol. The van der Waals surface area contributed by atoms with E-state index in [4.69, 9.17) is 0 Å². The van der Waals surface area contributed by atoms with E-state index in [9.17, 15) is 9.90 Å². The highest BCUT2D eigenvalue weighted by molar-refractivity contribution is 9.10. The highest BCUT2D eigenvalue weighted by Gasteiger charge is 2.09. The molecule has 2 aromatic rings. The first kappa shape index (κ1) is 14.2. The van der Waals surface area contributed by atoms with Gasteiger partial charge >= 0.3 is 0 Å². The molecule has 100 valence electrons. The zero-order valence-corrected chi connectivity index (χ0v) is 12.7. The molecule has 0 aliphatic rings. The number of carbonyl (C=O) groups is 1. The van der Waals surface area contributed by atoms with Gasteiger partial charge in [0.15, 0.2) is 4.80 Å². The predicted octanol–water partition coefficient (Wildman–Crippen LogP) is 2.49. The molecule has 6 heteroatoms. The molecule has 1 amide bonds. The number of hydrogen-bond acceptors (Lipinski definition) is 3. The molecule has 0 radical (unpaired) electrons. The Morgan fingerprint density at radius 3 is 2.79 bits per heavy atom. The van der Waals surface area contributed by atoms with Crippen molar-refractivity contribution in [2.24, 2.45) is 4.99 Å². The molecule has 0 fully saturated rings. The van der Waals surface area contributed by atoms with Gasteiger partial charge in [-0.15, -0.1) is 11.3 Å². The lowest BCUT2D eigenvalue weighted by Crippen LogP contribution is -2.19. The molecule has 0 spiro atoms. The smallest absolute Gasteiger partial charge is 0.245 e. The van der Waals surface area contributed by atoms with Crippen molar-refractivity contribution in [3.8, 4) is 0 Å². The third kappa shape index (κ3) is 3.86. The number of benzene rings is 1. The molecule has 0 saturated carbocycles. The van der Waals surface area contributed by atoms with Crippen molar-refractivity contribution in [1.29, 1.82) is 0 Å². The maximum absolute atomic E-state index is 11.0. The van der Waals surface area contributed by atoms with Crippen molar-refractivity contribution >= 4 is 33.2 Å². The van der Waals surface area contributed by atoms with Crippen LogP contribution in [0.5, 0.6) is 0 Å². The van der Waals surface area contributed by atoms with E-state index < -0.39 is 6.10 Å². The first-order valence-electron chi connectivity index (χ1n) is 5.69. The van der Waals surface area contributed by atoms with Crippen molar-refractivity contribution in [2.75, 3.05) is 0 Å². The molecule has 0 saturated heterocycles. The summed E-state index contributed by atoms with van der Waals surface area (Å²) in [5.41, 5.74) is 0.829. The number of hydrogen-bond donors (Lipinski definition) is 1. The highest BCUT2D eigenvalue weighted by Crippen LogP contribution is 2.18. The Balaban J connectivity index is 2.20. The third-order valence-electron chi connectivity index (χ3n) is 2.54. The maximum atomic E-state index is 11.0. The van der Waals surface area contributed by atoms with Gasteiger partial charge in [0.25, 0.3) is 0 Å². The molecular formula is C13H13BrN2O2S. The molecule has 1 aromatic heterocycles.